The quantitative estimate of drug-likeness (QED) is 0.748. The molecule has 2 aliphatic rings. The van der Waals surface area contributed by atoms with Crippen LogP contribution < -0.4 is 0 Å². The van der Waals surface area contributed by atoms with Gasteiger partial charge in [-0.1, -0.05) is 38.1 Å². The Bertz CT molecular complexity index is 893. The minimum Gasteiger partial charge on any atom is -0.457 e. The third-order valence-electron chi connectivity index (χ3n) is 6.59. The Balaban J connectivity index is 1.56. The molecule has 1 N–H and O–H groups in total. The Morgan fingerprint density at radius 2 is 1.93 bits per heavy atom. The third-order valence-corrected chi connectivity index (χ3v) is 6.59. The maximum Gasteiger partial charge on any atom is 0.355 e. The molecule has 4 rings (SSSR count). The number of carbonyl (C=O) groups excluding carboxylic acids is 2. The SMILES string of the molecule is CCc1ccc([C@@H]2CC(=O)c3c([nH]c(C(=O)O[C@H]4CCC[C@@H]4C)c3C)C2)cc1. The molecule has 0 radical (unpaired) electrons. The summed E-state index contributed by atoms with van der Waals surface area (Å²) in [6, 6.07) is 8.55. The first-order valence-electron chi connectivity index (χ1n) is 10.5. The number of hydrogen-bond donors (Lipinski definition) is 1. The molecule has 3 atom stereocenters. The summed E-state index contributed by atoms with van der Waals surface area (Å²) in [4.78, 5) is 28.9. The van der Waals surface area contributed by atoms with Crippen molar-refractivity contribution in [2.45, 2.75) is 71.3 Å². The summed E-state index contributed by atoms with van der Waals surface area (Å²) >= 11 is 0. The second kappa shape index (κ2) is 7.57. The zero-order valence-corrected chi connectivity index (χ0v) is 17.0. The number of ketones is 1. The second-order valence-corrected chi connectivity index (χ2v) is 8.45. The standard InChI is InChI=1S/C24H29NO3/c1-4-16-8-10-17(11-9-16)18-12-19-22(20(26)13-18)15(3)23(25-19)24(27)28-21-7-5-6-14(21)2/h8-11,14,18,21,25H,4-7,12-13H2,1-3H3/t14-,18-,21-/m0/s1. The number of benzene rings is 1. The van der Waals surface area contributed by atoms with Gasteiger partial charge in [-0.3, -0.25) is 4.79 Å². The van der Waals surface area contributed by atoms with Gasteiger partial charge in [-0.2, -0.15) is 0 Å². The van der Waals surface area contributed by atoms with Gasteiger partial charge in [0.1, 0.15) is 11.8 Å². The number of aryl methyl sites for hydroxylation is 1. The third kappa shape index (κ3) is 3.41. The van der Waals surface area contributed by atoms with E-state index in [1.165, 1.54) is 11.1 Å². The molecule has 4 heteroatoms. The molecule has 0 saturated heterocycles. The van der Waals surface area contributed by atoms with Gasteiger partial charge in [0.2, 0.25) is 0 Å². The van der Waals surface area contributed by atoms with Crippen molar-refractivity contribution >= 4 is 11.8 Å². The van der Waals surface area contributed by atoms with Crippen LogP contribution in [0.15, 0.2) is 24.3 Å². The summed E-state index contributed by atoms with van der Waals surface area (Å²) in [5, 5.41) is 0. The van der Waals surface area contributed by atoms with Gasteiger partial charge < -0.3 is 9.72 Å². The number of esters is 1. The van der Waals surface area contributed by atoms with Crippen LogP contribution in [0.4, 0.5) is 0 Å². The monoisotopic (exact) mass is 379 g/mol. The van der Waals surface area contributed by atoms with Crippen LogP contribution in [-0.4, -0.2) is 22.8 Å². The maximum absolute atomic E-state index is 12.9. The molecule has 0 amide bonds. The van der Waals surface area contributed by atoms with Gasteiger partial charge in [-0.15, -0.1) is 0 Å². The number of nitrogens with one attached hydrogen (secondary N) is 1. The van der Waals surface area contributed by atoms with Crippen LogP contribution in [-0.2, 0) is 17.6 Å². The number of Topliss-reactive ketones (excluding diaryl/α,β-unsaturated/α-hetero) is 1. The molecule has 2 aliphatic carbocycles. The zero-order valence-electron chi connectivity index (χ0n) is 17.0. The molecule has 4 nitrogen and oxygen atoms in total. The van der Waals surface area contributed by atoms with Crippen molar-refractivity contribution in [3.05, 3.63) is 57.9 Å². The van der Waals surface area contributed by atoms with Crippen LogP contribution >= 0.6 is 0 Å². The van der Waals surface area contributed by atoms with Gasteiger partial charge in [0, 0.05) is 17.7 Å². The van der Waals surface area contributed by atoms with Gasteiger partial charge in [0.25, 0.3) is 0 Å². The lowest BCUT2D eigenvalue weighted by molar-refractivity contribution is 0.0219. The fraction of sp³-hybridized carbons (Fsp3) is 0.500. The first-order chi connectivity index (χ1) is 13.5. The molecular formula is C24H29NO3. The summed E-state index contributed by atoms with van der Waals surface area (Å²) < 4.78 is 5.76. The molecule has 1 heterocycles. The van der Waals surface area contributed by atoms with Crippen molar-refractivity contribution in [2.24, 2.45) is 5.92 Å². The highest BCUT2D eigenvalue weighted by atomic mass is 16.5. The molecule has 0 bridgehead atoms. The Morgan fingerprint density at radius 3 is 2.57 bits per heavy atom. The smallest absolute Gasteiger partial charge is 0.355 e. The topological polar surface area (TPSA) is 59.2 Å². The molecule has 0 aliphatic heterocycles. The summed E-state index contributed by atoms with van der Waals surface area (Å²) in [6.07, 6.45) is 5.39. The lowest BCUT2D eigenvalue weighted by Gasteiger charge is -2.22. The normalized spacial score (nSPS) is 24.2. The van der Waals surface area contributed by atoms with Crippen molar-refractivity contribution in [3.63, 3.8) is 0 Å². The van der Waals surface area contributed by atoms with E-state index in [4.69, 9.17) is 4.74 Å². The summed E-state index contributed by atoms with van der Waals surface area (Å²) in [5.74, 6) is 0.365. The van der Waals surface area contributed by atoms with Gasteiger partial charge in [0.15, 0.2) is 5.78 Å². The second-order valence-electron chi connectivity index (χ2n) is 8.45. The van der Waals surface area contributed by atoms with Gasteiger partial charge in [0.05, 0.1) is 0 Å². The van der Waals surface area contributed by atoms with Crippen molar-refractivity contribution in [1.82, 2.24) is 4.98 Å². The predicted octanol–water partition coefficient (Wildman–Crippen LogP) is 5.14. The van der Waals surface area contributed by atoms with Crippen LogP contribution in [0.2, 0.25) is 0 Å². The summed E-state index contributed by atoms with van der Waals surface area (Å²) in [6.45, 7) is 6.13. The van der Waals surface area contributed by atoms with Crippen LogP contribution in [0, 0.1) is 12.8 Å². The van der Waals surface area contributed by atoms with E-state index in [2.05, 4.69) is 43.1 Å². The van der Waals surface area contributed by atoms with Crippen molar-refractivity contribution < 1.29 is 14.3 Å². The highest BCUT2D eigenvalue weighted by molar-refractivity contribution is 6.03. The number of aromatic nitrogens is 1. The summed E-state index contributed by atoms with van der Waals surface area (Å²) in [5.41, 5.74) is 5.27. The Hall–Kier alpha value is -2.36. The Labute approximate surface area is 166 Å². The number of aromatic amines is 1. The number of carbonyl (C=O) groups is 2. The zero-order chi connectivity index (χ0) is 19.8. The van der Waals surface area contributed by atoms with Crippen molar-refractivity contribution in [2.75, 3.05) is 0 Å². The van der Waals surface area contributed by atoms with E-state index < -0.39 is 0 Å². The molecule has 1 fully saturated rings. The van der Waals surface area contributed by atoms with Crippen LogP contribution in [0.3, 0.4) is 0 Å². The minimum atomic E-state index is -0.317. The fourth-order valence-corrected chi connectivity index (χ4v) is 4.78. The molecule has 0 unspecified atom stereocenters. The fourth-order valence-electron chi connectivity index (χ4n) is 4.78. The molecule has 2 aromatic rings. The molecular weight excluding hydrogens is 350 g/mol. The van der Waals surface area contributed by atoms with E-state index in [0.717, 1.165) is 43.4 Å². The van der Waals surface area contributed by atoms with Crippen LogP contribution in [0.1, 0.15) is 88.7 Å². The maximum atomic E-state index is 12.9. The van der Waals surface area contributed by atoms with E-state index in [0.29, 0.717) is 23.6 Å². The Morgan fingerprint density at radius 1 is 1.18 bits per heavy atom. The largest absolute Gasteiger partial charge is 0.457 e. The Kier molecular flexibility index (Phi) is 5.13. The highest BCUT2D eigenvalue weighted by Crippen LogP contribution is 2.36. The van der Waals surface area contributed by atoms with Crippen molar-refractivity contribution in [1.29, 1.82) is 0 Å². The van der Waals surface area contributed by atoms with Crippen molar-refractivity contribution in [3.8, 4) is 0 Å². The number of rotatable bonds is 4. The average molecular weight is 380 g/mol. The number of fused-ring (bicyclic) bond motifs is 1. The number of ether oxygens (including phenoxy) is 1. The number of H-pyrrole nitrogens is 1. The van der Waals surface area contributed by atoms with E-state index in [-0.39, 0.29) is 23.8 Å². The van der Waals surface area contributed by atoms with Crippen LogP contribution in [0.5, 0.6) is 0 Å². The molecule has 1 saturated carbocycles. The van der Waals surface area contributed by atoms with E-state index in [1.54, 1.807) is 0 Å². The van der Waals surface area contributed by atoms with E-state index >= 15 is 0 Å². The molecule has 0 spiro atoms. The lowest BCUT2D eigenvalue weighted by atomic mass is 9.81. The van der Waals surface area contributed by atoms with E-state index in [1.807, 2.05) is 6.92 Å². The predicted molar refractivity (Wildman–Crippen MR) is 109 cm³/mol. The van der Waals surface area contributed by atoms with Gasteiger partial charge in [-0.05, 0) is 67.6 Å². The molecule has 1 aromatic heterocycles. The first-order valence-corrected chi connectivity index (χ1v) is 10.5. The van der Waals surface area contributed by atoms with Crippen LogP contribution in [0.25, 0.3) is 0 Å². The molecule has 148 valence electrons. The molecule has 28 heavy (non-hydrogen) atoms. The summed E-state index contributed by atoms with van der Waals surface area (Å²) in [7, 11) is 0. The van der Waals surface area contributed by atoms with Gasteiger partial charge >= 0.3 is 5.97 Å². The van der Waals surface area contributed by atoms with E-state index in [9.17, 15) is 9.59 Å². The average Bonchev–Trinajstić information content (AvgIpc) is 3.25. The first kappa shape index (κ1) is 19.0. The van der Waals surface area contributed by atoms with Gasteiger partial charge in [-0.25, -0.2) is 4.79 Å². The minimum absolute atomic E-state index is 0.00671. The highest BCUT2D eigenvalue weighted by Gasteiger charge is 2.34. The number of hydrogen-bond acceptors (Lipinski definition) is 3. The molecule has 1 aromatic carbocycles. The lowest BCUT2D eigenvalue weighted by Crippen LogP contribution is -2.21.